The third-order valence-corrected chi connectivity index (χ3v) is 3.98. The fourth-order valence-corrected chi connectivity index (χ4v) is 2.58. The fraction of sp³-hybridized carbons (Fsp3) is 0.200. The van der Waals surface area contributed by atoms with Crippen molar-refractivity contribution in [1.29, 1.82) is 0 Å². The third kappa shape index (κ3) is 4.91. The predicted octanol–water partition coefficient (Wildman–Crippen LogP) is 5.36. The van der Waals surface area contributed by atoms with Gasteiger partial charge in [-0.1, -0.05) is 0 Å². The zero-order valence-electron chi connectivity index (χ0n) is 15.7. The first-order valence-corrected chi connectivity index (χ1v) is 8.55. The second-order valence-electron chi connectivity index (χ2n) is 6.45. The molecule has 146 valence electrons. The first kappa shape index (κ1) is 19.5. The Morgan fingerprint density at radius 3 is 1.68 bits per heavy atom. The molecule has 5 nitrogen and oxygen atoms in total. The van der Waals surface area contributed by atoms with E-state index in [9.17, 15) is 13.2 Å². The van der Waals surface area contributed by atoms with Gasteiger partial charge in [-0.2, -0.15) is 13.2 Å². The molecule has 0 spiro atoms. The molecule has 0 atom stereocenters. The van der Waals surface area contributed by atoms with Gasteiger partial charge < -0.3 is 15.5 Å². The number of halogens is 3. The van der Waals surface area contributed by atoms with Crippen molar-refractivity contribution in [2.45, 2.75) is 13.1 Å². The molecule has 0 aliphatic rings. The summed E-state index contributed by atoms with van der Waals surface area (Å²) in [6.45, 7) is 1.75. The van der Waals surface area contributed by atoms with Crippen LogP contribution in [0.1, 0.15) is 11.4 Å². The Bertz CT molecular complexity index is 936. The van der Waals surface area contributed by atoms with Crippen LogP contribution in [0.4, 0.5) is 41.9 Å². The summed E-state index contributed by atoms with van der Waals surface area (Å²) in [7, 11) is 3.94. The number of alkyl halides is 3. The van der Waals surface area contributed by atoms with Gasteiger partial charge in [-0.15, -0.1) is 0 Å². The van der Waals surface area contributed by atoms with Gasteiger partial charge in [0.15, 0.2) is 0 Å². The summed E-state index contributed by atoms with van der Waals surface area (Å²) in [5.74, 6) is 1.60. The largest absolute Gasteiger partial charge is 0.416 e. The van der Waals surface area contributed by atoms with Crippen LogP contribution in [0.15, 0.2) is 54.6 Å². The molecule has 0 saturated heterocycles. The Labute approximate surface area is 161 Å². The molecule has 3 aromatic rings. The van der Waals surface area contributed by atoms with E-state index in [4.69, 9.17) is 0 Å². The van der Waals surface area contributed by atoms with Gasteiger partial charge in [0.1, 0.15) is 17.5 Å². The second-order valence-corrected chi connectivity index (χ2v) is 6.45. The molecule has 0 fully saturated rings. The molecule has 1 heterocycles. The van der Waals surface area contributed by atoms with Crippen molar-refractivity contribution in [3.05, 3.63) is 66.0 Å². The van der Waals surface area contributed by atoms with Gasteiger partial charge in [-0.25, -0.2) is 9.97 Å². The Morgan fingerprint density at radius 2 is 1.25 bits per heavy atom. The molecular weight excluding hydrogens is 367 g/mol. The van der Waals surface area contributed by atoms with Crippen molar-refractivity contribution in [2.24, 2.45) is 0 Å². The lowest BCUT2D eigenvalue weighted by Gasteiger charge is -2.14. The van der Waals surface area contributed by atoms with Crippen LogP contribution in [0.25, 0.3) is 0 Å². The third-order valence-electron chi connectivity index (χ3n) is 3.98. The van der Waals surface area contributed by atoms with E-state index >= 15 is 0 Å². The van der Waals surface area contributed by atoms with E-state index < -0.39 is 11.7 Å². The highest BCUT2D eigenvalue weighted by atomic mass is 19.4. The number of hydrogen-bond acceptors (Lipinski definition) is 5. The van der Waals surface area contributed by atoms with E-state index in [-0.39, 0.29) is 0 Å². The summed E-state index contributed by atoms with van der Waals surface area (Å²) in [5.41, 5.74) is 1.76. The summed E-state index contributed by atoms with van der Waals surface area (Å²) in [6.07, 6.45) is -4.36. The monoisotopic (exact) mass is 387 g/mol. The Hall–Kier alpha value is -3.29. The smallest absolute Gasteiger partial charge is 0.378 e. The van der Waals surface area contributed by atoms with Gasteiger partial charge >= 0.3 is 6.18 Å². The summed E-state index contributed by atoms with van der Waals surface area (Å²) in [6, 6.07) is 14.3. The average molecular weight is 387 g/mol. The standard InChI is InChI=1S/C20H20F3N5/c1-13-24-18(26-15-6-4-14(5-7-15)20(21,22)23)12-19(25-13)27-16-8-10-17(11-9-16)28(2)3/h4-12H,1-3H3,(H2,24,25,26,27). The molecule has 2 aromatic carbocycles. The Kier molecular flexibility index (Phi) is 5.39. The van der Waals surface area contributed by atoms with Crippen molar-refractivity contribution >= 4 is 28.7 Å². The molecule has 0 bridgehead atoms. The number of benzene rings is 2. The summed E-state index contributed by atoms with van der Waals surface area (Å²) >= 11 is 0. The van der Waals surface area contributed by atoms with Crippen LogP contribution < -0.4 is 15.5 Å². The number of nitrogens with one attached hydrogen (secondary N) is 2. The molecular formula is C20H20F3N5. The molecule has 0 radical (unpaired) electrons. The molecule has 0 aliphatic carbocycles. The number of aromatic nitrogens is 2. The zero-order chi connectivity index (χ0) is 20.3. The van der Waals surface area contributed by atoms with Gasteiger partial charge in [0.25, 0.3) is 0 Å². The van der Waals surface area contributed by atoms with Crippen molar-refractivity contribution in [2.75, 3.05) is 29.6 Å². The minimum atomic E-state index is -4.36. The first-order valence-electron chi connectivity index (χ1n) is 8.55. The lowest BCUT2D eigenvalue weighted by atomic mass is 10.2. The van der Waals surface area contributed by atoms with E-state index in [1.54, 1.807) is 13.0 Å². The molecule has 28 heavy (non-hydrogen) atoms. The highest BCUT2D eigenvalue weighted by molar-refractivity contribution is 5.65. The lowest BCUT2D eigenvalue weighted by molar-refractivity contribution is -0.137. The van der Waals surface area contributed by atoms with Crippen molar-refractivity contribution < 1.29 is 13.2 Å². The van der Waals surface area contributed by atoms with Gasteiger partial charge in [-0.3, -0.25) is 0 Å². The van der Waals surface area contributed by atoms with E-state index in [0.29, 0.717) is 23.1 Å². The molecule has 1 aromatic heterocycles. The maximum Gasteiger partial charge on any atom is 0.416 e. The number of anilines is 5. The summed E-state index contributed by atoms with van der Waals surface area (Å²) in [4.78, 5) is 10.6. The van der Waals surface area contributed by atoms with E-state index in [0.717, 1.165) is 23.5 Å². The van der Waals surface area contributed by atoms with Crippen LogP contribution in [0, 0.1) is 6.92 Å². The first-order chi connectivity index (χ1) is 13.2. The van der Waals surface area contributed by atoms with Gasteiger partial charge in [0.2, 0.25) is 0 Å². The molecule has 8 heteroatoms. The number of hydrogen-bond donors (Lipinski definition) is 2. The van der Waals surface area contributed by atoms with Gasteiger partial charge in [0, 0.05) is 37.2 Å². The zero-order valence-corrected chi connectivity index (χ0v) is 15.7. The molecule has 0 saturated carbocycles. The molecule has 0 unspecified atom stereocenters. The SMILES string of the molecule is Cc1nc(Nc2ccc(N(C)C)cc2)cc(Nc2ccc(C(F)(F)F)cc2)n1. The lowest BCUT2D eigenvalue weighted by Crippen LogP contribution is -2.08. The van der Waals surface area contributed by atoms with Crippen molar-refractivity contribution in [1.82, 2.24) is 9.97 Å². The average Bonchev–Trinajstić information content (AvgIpc) is 2.61. The molecule has 3 rings (SSSR count). The second kappa shape index (κ2) is 7.75. The van der Waals surface area contributed by atoms with Crippen molar-refractivity contribution in [3.63, 3.8) is 0 Å². The van der Waals surface area contributed by atoms with Crippen LogP contribution >= 0.6 is 0 Å². The van der Waals surface area contributed by atoms with Gasteiger partial charge in [0.05, 0.1) is 5.56 Å². The van der Waals surface area contributed by atoms with Crippen LogP contribution in [-0.4, -0.2) is 24.1 Å². The van der Waals surface area contributed by atoms with Crippen LogP contribution in [-0.2, 0) is 6.18 Å². The molecule has 0 aliphatic heterocycles. The van der Waals surface area contributed by atoms with E-state index in [2.05, 4.69) is 20.6 Å². The summed E-state index contributed by atoms with van der Waals surface area (Å²) in [5, 5.41) is 6.22. The van der Waals surface area contributed by atoms with E-state index in [1.165, 1.54) is 12.1 Å². The molecule has 2 N–H and O–H groups in total. The number of rotatable bonds is 5. The minimum Gasteiger partial charge on any atom is -0.378 e. The number of nitrogens with zero attached hydrogens (tertiary/aromatic N) is 3. The normalized spacial score (nSPS) is 11.2. The highest BCUT2D eigenvalue weighted by Crippen LogP contribution is 2.30. The highest BCUT2D eigenvalue weighted by Gasteiger charge is 2.29. The maximum absolute atomic E-state index is 12.7. The molecule has 0 amide bonds. The van der Waals surface area contributed by atoms with Crippen LogP contribution in [0.3, 0.4) is 0 Å². The Morgan fingerprint density at radius 1 is 0.786 bits per heavy atom. The van der Waals surface area contributed by atoms with Gasteiger partial charge in [-0.05, 0) is 55.5 Å². The van der Waals surface area contributed by atoms with Crippen molar-refractivity contribution in [3.8, 4) is 0 Å². The number of aryl methyl sites for hydroxylation is 1. The maximum atomic E-state index is 12.7. The summed E-state index contributed by atoms with van der Waals surface area (Å²) < 4.78 is 38.0. The van der Waals surface area contributed by atoms with E-state index in [1.807, 2.05) is 43.3 Å². The predicted molar refractivity (Wildman–Crippen MR) is 106 cm³/mol. The Balaban J connectivity index is 1.76. The quantitative estimate of drug-likeness (QED) is 0.618. The topological polar surface area (TPSA) is 53.1 Å². The fourth-order valence-electron chi connectivity index (χ4n) is 2.58. The van der Waals surface area contributed by atoms with Crippen LogP contribution in [0.5, 0.6) is 0 Å². The minimum absolute atomic E-state index is 0.486. The van der Waals surface area contributed by atoms with Crippen LogP contribution in [0.2, 0.25) is 0 Å².